The van der Waals surface area contributed by atoms with Crippen molar-refractivity contribution in [1.82, 2.24) is 9.34 Å². The molecular formula is C7H14N2OP2. The van der Waals surface area contributed by atoms with E-state index in [1.807, 2.05) is 4.67 Å². The van der Waals surface area contributed by atoms with Crippen molar-refractivity contribution in [1.29, 1.82) is 0 Å². The summed E-state index contributed by atoms with van der Waals surface area (Å²) in [4.78, 5) is 11.6. The largest absolute Gasteiger partial charge is 0.324 e. The Balaban J connectivity index is 2.21. The monoisotopic (exact) mass is 204 g/mol. The number of amides is 1. The standard InChI is InChI=1S/C7H14N2OP2/c1-4-5-2-8(11)3-6(5)7(10)9(4)12/h4-6H,2-3,11-12H2,1H3. The number of nitrogens with zero attached hydrogens (tertiary/aromatic N) is 2. The lowest BCUT2D eigenvalue weighted by Gasteiger charge is -2.20. The summed E-state index contributed by atoms with van der Waals surface area (Å²) >= 11 is 0. The normalized spacial score (nSPS) is 42.4. The molecule has 1 amide bonds. The Morgan fingerprint density at radius 2 is 2.08 bits per heavy atom. The van der Waals surface area contributed by atoms with E-state index in [0.717, 1.165) is 13.1 Å². The van der Waals surface area contributed by atoms with Crippen molar-refractivity contribution >= 4 is 24.7 Å². The molecule has 2 heterocycles. The lowest BCUT2D eigenvalue weighted by atomic mass is 9.95. The zero-order valence-corrected chi connectivity index (χ0v) is 9.41. The molecule has 2 aliphatic heterocycles. The highest BCUT2D eigenvalue weighted by Gasteiger charge is 2.48. The van der Waals surface area contributed by atoms with Crippen LogP contribution < -0.4 is 0 Å². The summed E-state index contributed by atoms with van der Waals surface area (Å²) in [6, 6.07) is 0.387. The Hall–Kier alpha value is 0.290. The molecule has 0 saturated carbocycles. The Bertz CT molecular complexity index is 223. The van der Waals surface area contributed by atoms with Gasteiger partial charge in [-0.05, 0) is 16.3 Å². The number of carbonyl (C=O) groups is 1. The van der Waals surface area contributed by atoms with E-state index in [-0.39, 0.29) is 5.92 Å². The van der Waals surface area contributed by atoms with Gasteiger partial charge < -0.3 is 4.67 Å². The minimum atomic E-state index is 0.245. The molecule has 5 heteroatoms. The van der Waals surface area contributed by atoms with Crippen LogP contribution in [0.1, 0.15) is 6.92 Å². The third-order valence-corrected chi connectivity index (χ3v) is 4.17. The van der Waals surface area contributed by atoms with Crippen LogP contribution in [0, 0.1) is 11.8 Å². The first kappa shape index (κ1) is 8.87. The Kier molecular flexibility index (Phi) is 2.15. The summed E-state index contributed by atoms with van der Waals surface area (Å²) in [5.41, 5.74) is 0. The van der Waals surface area contributed by atoms with Gasteiger partial charge in [0.25, 0.3) is 0 Å². The van der Waals surface area contributed by atoms with Crippen molar-refractivity contribution in [2.75, 3.05) is 13.1 Å². The van der Waals surface area contributed by atoms with Crippen molar-refractivity contribution < 1.29 is 4.79 Å². The molecule has 0 aromatic rings. The average Bonchev–Trinajstić information content (AvgIpc) is 2.49. The lowest BCUT2D eigenvalue weighted by Crippen LogP contribution is -2.27. The summed E-state index contributed by atoms with van der Waals surface area (Å²) < 4.78 is 3.98. The van der Waals surface area contributed by atoms with Crippen LogP contribution in [-0.2, 0) is 4.79 Å². The van der Waals surface area contributed by atoms with E-state index in [1.165, 1.54) is 0 Å². The van der Waals surface area contributed by atoms with Gasteiger partial charge in [0.2, 0.25) is 5.91 Å². The van der Waals surface area contributed by atoms with Crippen molar-refractivity contribution in [2.24, 2.45) is 11.8 Å². The van der Waals surface area contributed by atoms with E-state index >= 15 is 0 Å². The van der Waals surface area contributed by atoms with Crippen molar-refractivity contribution in [3.8, 4) is 0 Å². The van der Waals surface area contributed by atoms with Gasteiger partial charge in [-0.3, -0.25) is 9.46 Å². The fraction of sp³-hybridized carbons (Fsp3) is 0.857. The fourth-order valence-corrected chi connectivity index (χ4v) is 3.09. The Morgan fingerprint density at radius 3 is 2.67 bits per heavy atom. The van der Waals surface area contributed by atoms with Gasteiger partial charge >= 0.3 is 0 Å². The molecular weight excluding hydrogens is 190 g/mol. The molecule has 0 radical (unpaired) electrons. The maximum absolute atomic E-state index is 11.6. The van der Waals surface area contributed by atoms with Crippen LogP contribution in [0.3, 0.4) is 0 Å². The summed E-state index contributed by atoms with van der Waals surface area (Å²) in [6.07, 6.45) is 0. The molecule has 68 valence electrons. The van der Waals surface area contributed by atoms with Gasteiger partial charge in [0, 0.05) is 25.0 Å². The molecule has 0 N–H and O–H groups in total. The van der Waals surface area contributed by atoms with E-state index < -0.39 is 0 Å². The molecule has 5 unspecified atom stereocenters. The molecule has 12 heavy (non-hydrogen) atoms. The number of carbonyl (C=O) groups excluding carboxylic acids is 1. The van der Waals surface area contributed by atoms with E-state index in [2.05, 4.69) is 30.4 Å². The van der Waals surface area contributed by atoms with E-state index in [1.54, 1.807) is 0 Å². The Labute approximate surface area is 77.4 Å². The molecule has 2 fully saturated rings. The summed E-state index contributed by atoms with van der Waals surface area (Å²) in [5.74, 6) is 1.07. The second kappa shape index (κ2) is 2.90. The molecule has 0 aliphatic carbocycles. The fourth-order valence-electron chi connectivity index (χ4n) is 2.21. The first-order chi connectivity index (χ1) is 5.61. The Morgan fingerprint density at radius 1 is 1.42 bits per heavy atom. The molecule has 2 saturated heterocycles. The quantitative estimate of drug-likeness (QED) is 0.531. The van der Waals surface area contributed by atoms with Crippen LogP contribution in [0.5, 0.6) is 0 Å². The summed E-state index contributed by atoms with van der Waals surface area (Å²) in [6.45, 7) is 4.07. The van der Waals surface area contributed by atoms with E-state index in [0.29, 0.717) is 17.9 Å². The van der Waals surface area contributed by atoms with Crippen LogP contribution in [0.25, 0.3) is 0 Å². The maximum atomic E-state index is 11.6. The highest BCUT2D eigenvalue weighted by atomic mass is 31.0. The third kappa shape index (κ3) is 1.11. The first-order valence-electron chi connectivity index (χ1n) is 4.18. The smallest absolute Gasteiger partial charge is 0.230 e. The summed E-state index contributed by atoms with van der Waals surface area (Å²) in [5, 5.41) is 0. The molecule has 3 nitrogen and oxygen atoms in total. The number of hydrogen-bond donors (Lipinski definition) is 0. The van der Waals surface area contributed by atoms with Gasteiger partial charge in [-0.2, -0.15) is 0 Å². The van der Waals surface area contributed by atoms with Crippen molar-refractivity contribution in [3.63, 3.8) is 0 Å². The predicted molar refractivity (Wildman–Crippen MR) is 54.3 cm³/mol. The molecule has 0 aromatic carbocycles. The maximum Gasteiger partial charge on any atom is 0.230 e. The predicted octanol–water partition coefficient (Wildman–Crippen LogP) is 0.345. The van der Waals surface area contributed by atoms with Crippen LogP contribution in [-0.4, -0.2) is 34.4 Å². The van der Waals surface area contributed by atoms with Crippen LogP contribution in [0.15, 0.2) is 0 Å². The molecule has 2 rings (SSSR count). The van der Waals surface area contributed by atoms with Crippen molar-refractivity contribution in [3.05, 3.63) is 0 Å². The van der Waals surface area contributed by atoms with Gasteiger partial charge in [0.1, 0.15) is 0 Å². The number of rotatable bonds is 0. The van der Waals surface area contributed by atoms with Crippen LogP contribution >= 0.6 is 18.8 Å². The first-order valence-corrected chi connectivity index (χ1v) is 5.22. The zero-order chi connectivity index (χ0) is 8.88. The van der Waals surface area contributed by atoms with Crippen LogP contribution in [0.4, 0.5) is 0 Å². The van der Waals surface area contributed by atoms with Gasteiger partial charge in [0.05, 0.1) is 5.92 Å². The third-order valence-electron chi connectivity index (χ3n) is 3.02. The summed E-state index contributed by atoms with van der Waals surface area (Å²) in [7, 11) is 5.21. The second-order valence-corrected chi connectivity index (χ2v) is 5.00. The zero-order valence-electron chi connectivity index (χ0n) is 7.10. The second-order valence-electron chi connectivity index (χ2n) is 3.71. The SMILES string of the molecule is CC1C2CN(P)CC2C(=O)N1P. The molecule has 0 spiro atoms. The van der Waals surface area contributed by atoms with Gasteiger partial charge in [0.15, 0.2) is 0 Å². The van der Waals surface area contributed by atoms with Crippen molar-refractivity contribution in [2.45, 2.75) is 13.0 Å². The van der Waals surface area contributed by atoms with E-state index in [9.17, 15) is 4.79 Å². The number of fused-ring (bicyclic) bond motifs is 1. The number of hydrogen-bond acceptors (Lipinski definition) is 2. The highest BCUT2D eigenvalue weighted by molar-refractivity contribution is 7.14. The topological polar surface area (TPSA) is 23.6 Å². The highest BCUT2D eigenvalue weighted by Crippen LogP contribution is 2.39. The minimum Gasteiger partial charge on any atom is -0.324 e. The van der Waals surface area contributed by atoms with Gasteiger partial charge in [-0.15, -0.1) is 0 Å². The molecule has 5 atom stereocenters. The molecule has 0 aromatic heterocycles. The molecule has 0 bridgehead atoms. The van der Waals surface area contributed by atoms with E-state index in [4.69, 9.17) is 0 Å². The lowest BCUT2D eigenvalue weighted by molar-refractivity contribution is -0.127. The van der Waals surface area contributed by atoms with Gasteiger partial charge in [-0.1, -0.05) is 9.39 Å². The minimum absolute atomic E-state index is 0.245. The van der Waals surface area contributed by atoms with Crippen LogP contribution in [0.2, 0.25) is 0 Å². The molecule has 2 aliphatic rings. The average molecular weight is 204 g/mol. The van der Waals surface area contributed by atoms with Gasteiger partial charge in [-0.25, -0.2) is 0 Å².